The van der Waals surface area contributed by atoms with Crippen LogP contribution in [0, 0.1) is 0 Å². The number of carbonyl (C=O) groups is 2. The van der Waals surface area contributed by atoms with E-state index in [1.807, 2.05) is 30.3 Å². The zero-order valence-corrected chi connectivity index (χ0v) is 14.6. The van der Waals surface area contributed by atoms with Gasteiger partial charge in [-0.1, -0.05) is 37.5 Å². The zero-order valence-electron chi connectivity index (χ0n) is 14.6. The van der Waals surface area contributed by atoms with Crippen LogP contribution in [0.4, 0.5) is 5.69 Å². The van der Waals surface area contributed by atoms with Crippen LogP contribution >= 0.6 is 0 Å². The van der Waals surface area contributed by atoms with Crippen LogP contribution in [-0.2, 0) is 9.53 Å². The summed E-state index contributed by atoms with van der Waals surface area (Å²) in [5.74, 6) is -0.713. The van der Waals surface area contributed by atoms with Gasteiger partial charge in [0.1, 0.15) is 5.75 Å². The minimum Gasteiger partial charge on any atom is -0.508 e. The number of phenols is 1. The number of amides is 1. The first-order valence-electron chi connectivity index (χ1n) is 8.98. The second kappa shape index (κ2) is 8.52. The van der Waals surface area contributed by atoms with Crippen LogP contribution in [0.5, 0.6) is 5.75 Å². The van der Waals surface area contributed by atoms with E-state index in [1.165, 1.54) is 30.7 Å². The van der Waals surface area contributed by atoms with Crippen molar-refractivity contribution in [3.05, 3.63) is 60.2 Å². The Labute approximate surface area is 153 Å². The van der Waals surface area contributed by atoms with Gasteiger partial charge in [0.2, 0.25) is 0 Å². The molecule has 1 amide bonds. The zero-order chi connectivity index (χ0) is 18.4. The number of hydrogen-bond donors (Lipinski definition) is 1. The van der Waals surface area contributed by atoms with Crippen molar-refractivity contribution in [1.82, 2.24) is 0 Å². The second-order valence-electron chi connectivity index (χ2n) is 6.51. The summed E-state index contributed by atoms with van der Waals surface area (Å²) in [6.07, 6.45) is 5.34. The Morgan fingerprint density at radius 3 is 2.27 bits per heavy atom. The van der Waals surface area contributed by atoms with Gasteiger partial charge in [-0.05, 0) is 49.2 Å². The minimum atomic E-state index is -0.574. The predicted octanol–water partition coefficient (Wildman–Crippen LogP) is 3.91. The quantitative estimate of drug-likeness (QED) is 0.828. The second-order valence-corrected chi connectivity index (χ2v) is 6.51. The molecule has 0 radical (unpaired) electrons. The first kappa shape index (κ1) is 18.0. The number of rotatable bonds is 5. The molecule has 1 fully saturated rings. The number of aromatic hydroxyl groups is 1. The van der Waals surface area contributed by atoms with E-state index in [9.17, 15) is 14.7 Å². The number of anilines is 1. The summed E-state index contributed by atoms with van der Waals surface area (Å²) in [4.78, 5) is 26.7. The van der Waals surface area contributed by atoms with Gasteiger partial charge in [0.15, 0.2) is 6.61 Å². The highest BCUT2D eigenvalue weighted by molar-refractivity contribution is 5.97. The average molecular weight is 353 g/mol. The van der Waals surface area contributed by atoms with E-state index in [-0.39, 0.29) is 24.3 Å². The summed E-state index contributed by atoms with van der Waals surface area (Å²) in [5.41, 5.74) is 1.14. The summed E-state index contributed by atoms with van der Waals surface area (Å²) < 4.78 is 5.21. The van der Waals surface area contributed by atoms with Gasteiger partial charge in [0.25, 0.3) is 5.91 Å². The largest absolute Gasteiger partial charge is 0.508 e. The fourth-order valence-corrected chi connectivity index (χ4v) is 3.36. The van der Waals surface area contributed by atoms with E-state index in [1.54, 1.807) is 4.90 Å². The molecule has 2 aromatic rings. The molecule has 5 nitrogen and oxygen atoms in total. The smallest absolute Gasteiger partial charge is 0.338 e. The third-order valence-electron chi connectivity index (χ3n) is 4.67. The molecule has 0 unspecified atom stereocenters. The van der Waals surface area contributed by atoms with Crippen LogP contribution in [0.3, 0.4) is 0 Å². The van der Waals surface area contributed by atoms with E-state index < -0.39 is 5.97 Å². The fourth-order valence-electron chi connectivity index (χ4n) is 3.36. The van der Waals surface area contributed by atoms with Crippen LogP contribution in [0.2, 0.25) is 0 Å². The maximum absolute atomic E-state index is 12.8. The lowest BCUT2D eigenvalue weighted by Crippen LogP contribution is -2.43. The van der Waals surface area contributed by atoms with Crippen LogP contribution in [0.25, 0.3) is 0 Å². The van der Waals surface area contributed by atoms with Crippen molar-refractivity contribution in [2.45, 2.75) is 38.1 Å². The lowest BCUT2D eigenvalue weighted by molar-refractivity contribution is -0.122. The number of hydrogen-bond acceptors (Lipinski definition) is 4. The van der Waals surface area contributed by atoms with Gasteiger partial charge in [-0.15, -0.1) is 0 Å². The van der Waals surface area contributed by atoms with Crippen LogP contribution < -0.4 is 4.90 Å². The van der Waals surface area contributed by atoms with Gasteiger partial charge < -0.3 is 14.7 Å². The topological polar surface area (TPSA) is 66.8 Å². The molecule has 0 spiro atoms. The highest BCUT2D eigenvalue weighted by Crippen LogP contribution is 2.27. The first-order valence-corrected chi connectivity index (χ1v) is 8.98. The number of benzene rings is 2. The van der Waals surface area contributed by atoms with E-state index in [0.717, 1.165) is 31.4 Å². The summed E-state index contributed by atoms with van der Waals surface area (Å²) in [7, 11) is 0. The normalized spacial score (nSPS) is 14.6. The summed E-state index contributed by atoms with van der Waals surface area (Å²) in [6.45, 7) is -0.300. The number of ether oxygens (including phenoxy) is 1. The lowest BCUT2D eigenvalue weighted by atomic mass is 9.93. The minimum absolute atomic E-state index is 0.0742. The SMILES string of the molecule is O=C(OCC(=O)N(c1ccccc1)C1CCCCC1)c1ccc(O)cc1. The monoisotopic (exact) mass is 353 g/mol. The molecule has 136 valence electrons. The molecule has 1 aliphatic rings. The molecule has 0 aliphatic heterocycles. The van der Waals surface area contributed by atoms with Crippen molar-refractivity contribution in [3.8, 4) is 5.75 Å². The van der Waals surface area contributed by atoms with Gasteiger partial charge in [0.05, 0.1) is 5.56 Å². The van der Waals surface area contributed by atoms with Crippen molar-refractivity contribution in [2.24, 2.45) is 0 Å². The molecule has 1 aliphatic carbocycles. The molecule has 1 N–H and O–H groups in total. The Hall–Kier alpha value is -2.82. The summed E-state index contributed by atoms with van der Waals surface area (Å²) in [5, 5.41) is 9.29. The maximum atomic E-state index is 12.8. The van der Waals surface area contributed by atoms with Crippen molar-refractivity contribution >= 4 is 17.6 Å². The molecule has 0 saturated heterocycles. The standard InChI is InChI=1S/C21H23NO4/c23-19-13-11-16(12-14-19)21(25)26-15-20(24)22(17-7-3-1-4-8-17)18-9-5-2-6-10-18/h1,3-4,7-8,11-14,18,23H,2,5-6,9-10,15H2. The average Bonchev–Trinajstić information content (AvgIpc) is 2.68. The molecular weight excluding hydrogens is 330 g/mol. The lowest BCUT2D eigenvalue weighted by Gasteiger charge is -2.34. The Morgan fingerprint density at radius 2 is 1.62 bits per heavy atom. The van der Waals surface area contributed by atoms with E-state index in [0.29, 0.717) is 5.56 Å². The van der Waals surface area contributed by atoms with Crippen molar-refractivity contribution in [3.63, 3.8) is 0 Å². The van der Waals surface area contributed by atoms with Gasteiger partial charge in [0, 0.05) is 11.7 Å². The molecule has 0 heterocycles. The third kappa shape index (κ3) is 4.42. The third-order valence-corrected chi connectivity index (χ3v) is 4.67. The molecular formula is C21H23NO4. The van der Waals surface area contributed by atoms with Crippen LogP contribution in [0.1, 0.15) is 42.5 Å². The predicted molar refractivity (Wildman–Crippen MR) is 99.2 cm³/mol. The molecule has 3 rings (SSSR count). The fraction of sp³-hybridized carbons (Fsp3) is 0.333. The van der Waals surface area contributed by atoms with E-state index in [2.05, 4.69) is 0 Å². The molecule has 0 atom stereocenters. The number of para-hydroxylation sites is 1. The number of nitrogens with zero attached hydrogens (tertiary/aromatic N) is 1. The number of phenolic OH excluding ortho intramolecular Hbond substituents is 1. The Balaban J connectivity index is 1.69. The van der Waals surface area contributed by atoms with Gasteiger partial charge in [-0.25, -0.2) is 4.79 Å². The van der Waals surface area contributed by atoms with Crippen LogP contribution in [-0.4, -0.2) is 29.6 Å². The summed E-state index contributed by atoms with van der Waals surface area (Å²) in [6, 6.07) is 15.5. The first-order chi connectivity index (χ1) is 12.6. The maximum Gasteiger partial charge on any atom is 0.338 e. The molecule has 0 aromatic heterocycles. The molecule has 26 heavy (non-hydrogen) atoms. The van der Waals surface area contributed by atoms with E-state index >= 15 is 0 Å². The van der Waals surface area contributed by atoms with Gasteiger partial charge in [-0.3, -0.25) is 4.79 Å². The van der Waals surface area contributed by atoms with Gasteiger partial charge >= 0.3 is 5.97 Å². The van der Waals surface area contributed by atoms with Crippen molar-refractivity contribution < 1.29 is 19.4 Å². The van der Waals surface area contributed by atoms with Crippen LogP contribution in [0.15, 0.2) is 54.6 Å². The molecule has 5 heteroatoms. The molecule has 2 aromatic carbocycles. The Morgan fingerprint density at radius 1 is 0.962 bits per heavy atom. The highest BCUT2D eigenvalue weighted by atomic mass is 16.5. The Kier molecular flexibility index (Phi) is 5.89. The Bertz CT molecular complexity index is 736. The van der Waals surface area contributed by atoms with Crippen molar-refractivity contribution in [1.29, 1.82) is 0 Å². The highest BCUT2D eigenvalue weighted by Gasteiger charge is 2.27. The van der Waals surface area contributed by atoms with Crippen molar-refractivity contribution in [2.75, 3.05) is 11.5 Å². The number of carbonyl (C=O) groups excluding carboxylic acids is 2. The number of esters is 1. The summed E-state index contributed by atoms with van der Waals surface area (Å²) >= 11 is 0. The molecule has 0 bridgehead atoms. The van der Waals surface area contributed by atoms with E-state index in [4.69, 9.17) is 4.74 Å². The van der Waals surface area contributed by atoms with Gasteiger partial charge in [-0.2, -0.15) is 0 Å². The molecule has 1 saturated carbocycles.